The predicted octanol–water partition coefficient (Wildman–Crippen LogP) is 2.88. The third-order valence-corrected chi connectivity index (χ3v) is 4.35. The molecular weight excluding hydrogens is 290 g/mol. The van der Waals surface area contributed by atoms with Crippen molar-refractivity contribution in [3.63, 3.8) is 0 Å². The summed E-state index contributed by atoms with van der Waals surface area (Å²) in [5.74, 6) is -1.04. The van der Waals surface area contributed by atoms with Crippen LogP contribution in [0.15, 0.2) is 24.3 Å². The molecule has 0 aromatic heterocycles. The summed E-state index contributed by atoms with van der Waals surface area (Å²) in [7, 11) is -3.45. The van der Waals surface area contributed by atoms with Crippen LogP contribution in [0.2, 0.25) is 0 Å². The van der Waals surface area contributed by atoms with Crippen molar-refractivity contribution >= 4 is 27.8 Å². The van der Waals surface area contributed by atoms with Gasteiger partial charge in [-0.25, -0.2) is 13.2 Å². The number of aliphatic carboxylic acids is 1. The van der Waals surface area contributed by atoms with Crippen molar-refractivity contribution in [1.82, 2.24) is 0 Å². The second-order valence-electron chi connectivity index (χ2n) is 6.17. The molecule has 116 valence electrons. The summed E-state index contributed by atoms with van der Waals surface area (Å²) in [6, 6.07) is 5.10. The minimum Gasteiger partial charge on any atom is -0.478 e. The van der Waals surface area contributed by atoms with Gasteiger partial charge in [-0.1, -0.05) is 32.9 Å². The second kappa shape index (κ2) is 6.30. The Balaban J connectivity index is 3.03. The molecule has 0 bridgehead atoms. The van der Waals surface area contributed by atoms with Crippen LogP contribution in [0.1, 0.15) is 31.9 Å². The SMILES string of the molecule is Cc1ccc(C=CC(=O)O)cc1NS(=O)(=O)CC(C)(C)C. The second-order valence-corrected chi connectivity index (χ2v) is 7.89. The fraction of sp³-hybridized carbons (Fsp3) is 0.400. The van der Waals surface area contributed by atoms with Gasteiger partial charge in [-0.2, -0.15) is 0 Å². The molecule has 0 saturated heterocycles. The summed E-state index contributed by atoms with van der Waals surface area (Å²) >= 11 is 0. The van der Waals surface area contributed by atoms with Gasteiger partial charge in [-0.3, -0.25) is 4.72 Å². The predicted molar refractivity (Wildman–Crippen MR) is 84.7 cm³/mol. The average Bonchev–Trinajstić information content (AvgIpc) is 2.26. The minimum atomic E-state index is -3.45. The van der Waals surface area contributed by atoms with Gasteiger partial charge in [0.05, 0.1) is 11.4 Å². The maximum atomic E-state index is 12.1. The van der Waals surface area contributed by atoms with E-state index in [4.69, 9.17) is 5.11 Å². The first kappa shape index (κ1) is 17.2. The van der Waals surface area contributed by atoms with E-state index < -0.39 is 16.0 Å². The topological polar surface area (TPSA) is 83.5 Å². The molecule has 0 amide bonds. The average molecular weight is 311 g/mol. The van der Waals surface area contributed by atoms with Gasteiger partial charge in [-0.05, 0) is 35.6 Å². The third kappa shape index (κ3) is 6.44. The number of aryl methyl sites for hydroxylation is 1. The highest BCUT2D eigenvalue weighted by atomic mass is 32.2. The molecule has 0 radical (unpaired) electrons. The third-order valence-electron chi connectivity index (χ3n) is 2.57. The lowest BCUT2D eigenvalue weighted by molar-refractivity contribution is -0.131. The van der Waals surface area contributed by atoms with Crippen molar-refractivity contribution in [1.29, 1.82) is 0 Å². The molecule has 0 aliphatic rings. The van der Waals surface area contributed by atoms with E-state index in [2.05, 4.69) is 4.72 Å². The largest absolute Gasteiger partial charge is 0.478 e. The lowest BCUT2D eigenvalue weighted by Gasteiger charge is -2.19. The summed E-state index contributed by atoms with van der Waals surface area (Å²) in [6.07, 6.45) is 2.43. The zero-order valence-electron chi connectivity index (χ0n) is 12.7. The number of carboxylic acids is 1. The van der Waals surface area contributed by atoms with Gasteiger partial charge >= 0.3 is 5.97 Å². The van der Waals surface area contributed by atoms with E-state index in [-0.39, 0.29) is 11.2 Å². The normalized spacial score (nSPS) is 12.6. The van der Waals surface area contributed by atoms with E-state index in [1.807, 2.05) is 20.8 Å². The summed E-state index contributed by atoms with van der Waals surface area (Å²) in [5, 5.41) is 8.61. The number of hydrogen-bond donors (Lipinski definition) is 2. The van der Waals surface area contributed by atoms with Crippen LogP contribution in [0.5, 0.6) is 0 Å². The van der Waals surface area contributed by atoms with Crippen LogP contribution in [0, 0.1) is 12.3 Å². The standard InChI is InChI=1S/C15H21NO4S/c1-11-5-6-12(7-8-14(17)18)9-13(11)16-21(19,20)10-15(2,3)4/h5-9,16H,10H2,1-4H3,(H,17,18). The zero-order valence-corrected chi connectivity index (χ0v) is 13.5. The Morgan fingerprint density at radius 1 is 1.33 bits per heavy atom. The van der Waals surface area contributed by atoms with E-state index in [1.165, 1.54) is 6.08 Å². The molecule has 5 nitrogen and oxygen atoms in total. The molecule has 0 heterocycles. The van der Waals surface area contributed by atoms with Crippen molar-refractivity contribution in [3.05, 3.63) is 35.4 Å². The Morgan fingerprint density at radius 2 is 1.95 bits per heavy atom. The number of benzene rings is 1. The van der Waals surface area contributed by atoms with Gasteiger partial charge in [0, 0.05) is 6.08 Å². The molecule has 0 fully saturated rings. The highest BCUT2D eigenvalue weighted by Gasteiger charge is 2.22. The zero-order chi connectivity index (χ0) is 16.3. The molecule has 0 aliphatic heterocycles. The molecule has 1 aromatic rings. The molecule has 2 N–H and O–H groups in total. The van der Waals surface area contributed by atoms with Crippen LogP contribution in [-0.4, -0.2) is 25.2 Å². The quantitative estimate of drug-likeness (QED) is 0.819. The van der Waals surface area contributed by atoms with E-state index in [9.17, 15) is 13.2 Å². The van der Waals surface area contributed by atoms with Crippen LogP contribution in [-0.2, 0) is 14.8 Å². The fourth-order valence-electron chi connectivity index (χ4n) is 1.79. The van der Waals surface area contributed by atoms with Crippen molar-refractivity contribution in [2.75, 3.05) is 10.5 Å². The summed E-state index contributed by atoms with van der Waals surface area (Å²) in [6.45, 7) is 7.35. The molecular formula is C15H21NO4S. The highest BCUT2D eigenvalue weighted by molar-refractivity contribution is 7.92. The molecule has 0 spiro atoms. The Hall–Kier alpha value is -1.82. The molecule has 0 unspecified atom stereocenters. The van der Waals surface area contributed by atoms with Crippen LogP contribution >= 0.6 is 0 Å². The number of hydrogen-bond acceptors (Lipinski definition) is 3. The minimum absolute atomic E-state index is 0.00856. The number of carboxylic acid groups (broad SMARTS) is 1. The number of nitrogens with one attached hydrogen (secondary N) is 1. The van der Waals surface area contributed by atoms with Crippen molar-refractivity contribution in [3.8, 4) is 0 Å². The number of rotatable bonds is 5. The van der Waals surface area contributed by atoms with Crippen molar-refractivity contribution in [2.45, 2.75) is 27.7 Å². The van der Waals surface area contributed by atoms with Gasteiger partial charge in [0.2, 0.25) is 10.0 Å². The highest BCUT2D eigenvalue weighted by Crippen LogP contribution is 2.22. The molecule has 6 heteroatoms. The molecule has 0 saturated carbocycles. The fourth-order valence-corrected chi connectivity index (χ4v) is 3.56. The van der Waals surface area contributed by atoms with E-state index in [0.717, 1.165) is 11.6 Å². The monoisotopic (exact) mass is 311 g/mol. The number of sulfonamides is 1. The summed E-state index contributed by atoms with van der Waals surface area (Å²) in [4.78, 5) is 10.5. The van der Waals surface area contributed by atoms with Gasteiger partial charge in [0.15, 0.2) is 0 Å². The van der Waals surface area contributed by atoms with E-state index >= 15 is 0 Å². The first-order valence-electron chi connectivity index (χ1n) is 6.51. The van der Waals surface area contributed by atoms with Crippen LogP contribution in [0.4, 0.5) is 5.69 Å². The molecule has 1 aromatic carbocycles. The van der Waals surface area contributed by atoms with Crippen molar-refractivity contribution in [2.24, 2.45) is 5.41 Å². The van der Waals surface area contributed by atoms with E-state index in [1.54, 1.807) is 25.1 Å². The van der Waals surface area contributed by atoms with Crippen molar-refractivity contribution < 1.29 is 18.3 Å². The maximum Gasteiger partial charge on any atom is 0.328 e. The van der Waals surface area contributed by atoms with Crippen LogP contribution in [0.3, 0.4) is 0 Å². The Kier molecular flexibility index (Phi) is 5.17. The Bertz CT molecular complexity index is 655. The molecule has 0 atom stereocenters. The van der Waals surface area contributed by atoms with Crippen LogP contribution in [0.25, 0.3) is 6.08 Å². The Labute approximate surface area is 125 Å². The first-order chi connectivity index (χ1) is 9.48. The lowest BCUT2D eigenvalue weighted by Crippen LogP contribution is -2.26. The number of anilines is 1. The van der Waals surface area contributed by atoms with Gasteiger partial charge in [0.1, 0.15) is 0 Å². The Morgan fingerprint density at radius 3 is 2.48 bits per heavy atom. The summed E-state index contributed by atoms with van der Waals surface area (Å²) in [5.41, 5.74) is 1.52. The van der Waals surface area contributed by atoms with Crippen LogP contribution < -0.4 is 4.72 Å². The maximum absolute atomic E-state index is 12.1. The lowest BCUT2D eigenvalue weighted by atomic mass is 10.0. The summed E-state index contributed by atoms with van der Waals surface area (Å²) < 4.78 is 26.8. The smallest absolute Gasteiger partial charge is 0.328 e. The van der Waals surface area contributed by atoms with Gasteiger partial charge in [0.25, 0.3) is 0 Å². The first-order valence-corrected chi connectivity index (χ1v) is 8.16. The number of carbonyl (C=O) groups is 1. The van der Waals surface area contributed by atoms with Gasteiger partial charge < -0.3 is 5.11 Å². The van der Waals surface area contributed by atoms with E-state index in [0.29, 0.717) is 11.3 Å². The van der Waals surface area contributed by atoms with Gasteiger partial charge in [-0.15, -0.1) is 0 Å². The molecule has 21 heavy (non-hydrogen) atoms. The molecule has 1 rings (SSSR count). The molecule has 0 aliphatic carbocycles.